The molecule has 0 aliphatic heterocycles. The van der Waals surface area contributed by atoms with E-state index < -0.39 is 0 Å². The second-order valence-corrected chi connectivity index (χ2v) is 4.54. The fourth-order valence-corrected chi connectivity index (χ4v) is 2.03. The van der Waals surface area contributed by atoms with E-state index in [1.165, 1.54) is 16.7 Å². The summed E-state index contributed by atoms with van der Waals surface area (Å²) < 4.78 is 0. The van der Waals surface area contributed by atoms with E-state index in [1.54, 1.807) is 0 Å². The molecule has 2 aromatic rings. The molecule has 1 aromatic heterocycles. The molecule has 0 saturated heterocycles. The van der Waals surface area contributed by atoms with Gasteiger partial charge in [-0.2, -0.15) is 0 Å². The number of rotatable bonds is 5. The maximum absolute atomic E-state index is 4.50. The molecule has 94 valence electrons. The van der Waals surface area contributed by atoms with Gasteiger partial charge >= 0.3 is 0 Å². The highest BCUT2D eigenvalue weighted by Gasteiger charge is 1.99. The predicted molar refractivity (Wildman–Crippen MR) is 75.6 cm³/mol. The highest BCUT2D eigenvalue weighted by atomic mass is 14.8. The van der Waals surface area contributed by atoms with E-state index in [0.717, 1.165) is 25.1 Å². The van der Waals surface area contributed by atoms with Crippen molar-refractivity contribution in [3.05, 3.63) is 65.0 Å². The maximum atomic E-state index is 4.50. The summed E-state index contributed by atoms with van der Waals surface area (Å²) in [6.07, 6.45) is 3.93. The van der Waals surface area contributed by atoms with E-state index in [4.69, 9.17) is 0 Å². The van der Waals surface area contributed by atoms with E-state index >= 15 is 0 Å². The molecule has 0 radical (unpaired) electrons. The third-order valence-corrected chi connectivity index (χ3v) is 3.05. The third kappa shape index (κ3) is 3.41. The van der Waals surface area contributed by atoms with E-state index in [2.05, 4.69) is 53.6 Å². The highest BCUT2D eigenvalue weighted by molar-refractivity contribution is 5.27. The largest absolute Gasteiger partial charge is 0.316 e. The first-order valence-corrected chi connectivity index (χ1v) is 6.48. The second kappa shape index (κ2) is 6.31. The lowest BCUT2D eigenvalue weighted by Gasteiger charge is -2.05. The molecule has 0 aliphatic carbocycles. The Labute approximate surface area is 109 Å². The Kier molecular flexibility index (Phi) is 4.48. The van der Waals surface area contributed by atoms with Gasteiger partial charge in [-0.05, 0) is 36.2 Å². The van der Waals surface area contributed by atoms with Gasteiger partial charge in [0.2, 0.25) is 0 Å². The van der Waals surface area contributed by atoms with E-state index in [-0.39, 0.29) is 0 Å². The molecular weight excluding hydrogens is 220 g/mol. The van der Waals surface area contributed by atoms with Gasteiger partial charge in [-0.1, -0.05) is 37.3 Å². The molecule has 2 rings (SSSR count). The van der Waals surface area contributed by atoms with Crippen molar-refractivity contribution in [1.82, 2.24) is 10.3 Å². The Bertz CT molecular complexity index is 489. The number of hydrogen-bond donors (Lipinski definition) is 1. The summed E-state index contributed by atoms with van der Waals surface area (Å²) in [5.74, 6) is 0. The van der Waals surface area contributed by atoms with Crippen LogP contribution >= 0.6 is 0 Å². The first kappa shape index (κ1) is 12.8. The zero-order chi connectivity index (χ0) is 12.8. The summed E-state index contributed by atoms with van der Waals surface area (Å²) in [5, 5.41) is 3.17. The molecule has 18 heavy (non-hydrogen) atoms. The SMILES string of the molecule is CCc1ccc(Cc2cccc(CNC)c2)nc1. The van der Waals surface area contributed by atoms with E-state index in [0.29, 0.717) is 0 Å². The van der Waals surface area contributed by atoms with E-state index in [9.17, 15) is 0 Å². The fraction of sp³-hybridized carbons (Fsp3) is 0.312. The minimum atomic E-state index is 0.904. The molecule has 0 fully saturated rings. The number of aromatic nitrogens is 1. The first-order valence-electron chi connectivity index (χ1n) is 6.48. The van der Waals surface area contributed by atoms with Gasteiger partial charge < -0.3 is 5.32 Å². The van der Waals surface area contributed by atoms with Crippen LogP contribution in [0.4, 0.5) is 0 Å². The van der Waals surface area contributed by atoms with Crippen molar-refractivity contribution in [1.29, 1.82) is 0 Å². The molecule has 0 amide bonds. The normalized spacial score (nSPS) is 10.6. The number of nitrogens with one attached hydrogen (secondary N) is 1. The molecule has 1 heterocycles. The zero-order valence-electron chi connectivity index (χ0n) is 11.1. The quantitative estimate of drug-likeness (QED) is 0.869. The number of nitrogens with zero attached hydrogens (tertiary/aromatic N) is 1. The van der Waals surface area contributed by atoms with Gasteiger partial charge in [0.1, 0.15) is 0 Å². The zero-order valence-corrected chi connectivity index (χ0v) is 11.1. The molecule has 1 aromatic carbocycles. The summed E-state index contributed by atoms with van der Waals surface area (Å²) >= 11 is 0. The third-order valence-electron chi connectivity index (χ3n) is 3.05. The predicted octanol–water partition coefficient (Wildman–Crippen LogP) is 2.95. The maximum Gasteiger partial charge on any atom is 0.0447 e. The molecule has 2 heteroatoms. The van der Waals surface area contributed by atoms with Crippen LogP contribution < -0.4 is 5.32 Å². The van der Waals surface area contributed by atoms with Crippen molar-refractivity contribution >= 4 is 0 Å². The minimum Gasteiger partial charge on any atom is -0.316 e. The second-order valence-electron chi connectivity index (χ2n) is 4.54. The van der Waals surface area contributed by atoms with Gasteiger partial charge in [-0.3, -0.25) is 4.98 Å². The lowest BCUT2D eigenvalue weighted by atomic mass is 10.1. The fourth-order valence-electron chi connectivity index (χ4n) is 2.03. The molecular formula is C16H20N2. The Morgan fingerprint density at radius 3 is 2.56 bits per heavy atom. The van der Waals surface area contributed by atoms with Crippen LogP contribution in [0.1, 0.15) is 29.3 Å². The Morgan fingerprint density at radius 2 is 1.89 bits per heavy atom. The van der Waals surface area contributed by atoms with Gasteiger partial charge in [0.15, 0.2) is 0 Å². The smallest absolute Gasteiger partial charge is 0.0447 e. The average molecular weight is 240 g/mol. The number of hydrogen-bond acceptors (Lipinski definition) is 2. The lowest BCUT2D eigenvalue weighted by molar-refractivity contribution is 0.816. The van der Waals surface area contributed by atoms with Crippen LogP contribution in [-0.2, 0) is 19.4 Å². The molecule has 0 saturated carbocycles. The van der Waals surface area contributed by atoms with Crippen molar-refractivity contribution in [2.75, 3.05) is 7.05 Å². The Balaban J connectivity index is 2.09. The van der Waals surface area contributed by atoms with Crippen LogP contribution in [0.2, 0.25) is 0 Å². The molecule has 0 bridgehead atoms. The molecule has 1 N–H and O–H groups in total. The number of benzene rings is 1. The molecule has 0 atom stereocenters. The summed E-state index contributed by atoms with van der Waals surface area (Å²) in [5.41, 5.74) is 5.07. The lowest BCUT2D eigenvalue weighted by Crippen LogP contribution is -2.05. The van der Waals surface area contributed by atoms with Crippen molar-refractivity contribution in [2.45, 2.75) is 26.3 Å². The van der Waals surface area contributed by atoms with Crippen molar-refractivity contribution in [2.24, 2.45) is 0 Å². The van der Waals surface area contributed by atoms with Crippen LogP contribution in [0, 0.1) is 0 Å². The van der Waals surface area contributed by atoms with Gasteiger partial charge in [0.25, 0.3) is 0 Å². The minimum absolute atomic E-state index is 0.904. The highest BCUT2D eigenvalue weighted by Crippen LogP contribution is 2.11. The van der Waals surface area contributed by atoms with Gasteiger partial charge in [0.05, 0.1) is 0 Å². The van der Waals surface area contributed by atoms with Crippen molar-refractivity contribution in [3.63, 3.8) is 0 Å². The number of aryl methyl sites for hydroxylation is 1. The standard InChI is InChI=1S/C16H20N2/c1-3-13-7-8-16(18-12-13)10-14-5-4-6-15(9-14)11-17-2/h4-9,12,17H,3,10-11H2,1-2H3. The molecule has 0 unspecified atom stereocenters. The van der Waals surface area contributed by atoms with Crippen molar-refractivity contribution in [3.8, 4) is 0 Å². The van der Waals surface area contributed by atoms with E-state index in [1.807, 2.05) is 13.2 Å². The molecule has 0 aliphatic rings. The summed E-state index contributed by atoms with van der Waals surface area (Å²) in [7, 11) is 1.97. The monoisotopic (exact) mass is 240 g/mol. The number of pyridine rings is 1. The van der Waals surface area contributed by atoms with Crippen LogP contribution in [0.3, 0.4) is 0 Å². The van der Waals surface area contributed by atoms with Crippen LogP contribution in [-0.4, -0.2) is 12.0 Å². The molecule has 2 nitrogen and oxygen atoms in total. The average Bonchev–Trinajstić information content (AvgIpc) is 2.40. The van der Waals surface area contributed by atoms with Gasteiger partial charge in [-0.25, -0.2) is 0 Å². The van der Waals surface area contributed by atoms with Crippen LogP contribution in [0.15, 0.2) is 42.6 Å². The summed E-state index contributed by atoms with van der Waals surface area (Å²) in [4.78, 5) is 4.50. The first-order chi connectivity index (χ1) is 8.81. The Hall–Kier alpha value is -1.67. The molecule has 0 spiro atoms. The topological polar surface area (TPSA) is 24.9 Å². The van der Waals surface area contributed by atoms with Gasteiger partial charge in [0, 0.05) is 24.9 Å². The summed E-state index contributed by atoms with van der Waals surface area (Å²) in [6.45, 7) is 3.06. The van der Waals surface area contributed by atoms with Crippen LogP contribution in [0.25, 0.3) is 0 Å². The summed E-state index contributed by atoms with van der Waals surface area (Å²) in [6, 6.07) is 13.0. The van der Waals surface area contributed by atoms with Crippen molar-refractivity contribution < 1.29 is 0 Å². The Morgan fingerprint density at radius 1 is 1.06 bits per heavy atom. The van der Waals surface area contributed by atoms with Gasteiger partial charge in [-0.15, -0.1) is 0 Å². The van der Waals surface area contributed by atoms with Crippen LogP contribution in [0.5, 0.6) is 0 Å².